The van der Waals surface area contributed by atoms with Crippen molar-refractivity contribution >= 4 is 33.3 Å². The van der Waals surface area contributed by atoms with E-state index in [1.165, 1.54) is 29.7 Å². The molecule has 1 aromatic rings. The molecule has 0 bridgehead atoms. The van der Waals surface area contributed by atoms with Crippen LogP contribution in [0.15, 0.2) is 18.2 Å². The minimum absolute atomic E-state index is 0. The minimum atomic E-state index is -0.114. The largest absolute Gasteiger partial charge is 0.464 e. The molecule has 170 valence electrons. The lowest BCUT2D eigenvalue weighted by atomic mass is 9.98. The number of hydrogen-bond acceptors (Lipinski definition) is 6. The first-order chi connectivity index (χ1) is 14.0. The Morgan fingerprint density at radius 3 is 2.57 bits per heavy atom. The monoisotopic (exact) mass is 453 g/mol. The van der Waals surface area contributed by atoms with Gasteiger partial charge in [0, 0.05) is 30.4 Å². The van der Waals surface area contributed by atoms with Crippen LogP contribution < -0.4 is 0 Å². The minimum Gasteiger partial charge on any atom is -0.464 e. The van der Waals surface area contributed by atoms with Crippen LogP contribution in [-0.4, -0.2) is 53.9 Å². The second kappa shape index (κ2) is 14.9. The summed E-state index contributed by atoms with van der Waals surface area (Å²) in [7, 11) is 3.96. The van der Waals surface area contributed by atoms with Crippen LogP contribution in [0.25, 0.3) is 0 Å². The highest BCUT2D eigenvalue weighted by molar-refractivity contribution is 8.77. The molecule has 0 aromatic heterocycles. The van der Waals surface area contributed by atoms with E-state index in [2.05, 4.69) is 30.9 Å². The van der Waals surface area contributed by atoms with Gasteiger partial charge >= 0.3 is 5.97 Å². The summed E-state index contributed by atoms with van der Waals surface area (Å²) >= 11 is 0. The molecule has 0 saturated carbocycles. The van der Waals surface area contributed by atoms with Gasteiger partial charge in [0.15, 0.2) is 5.78 Å². The van der Waals surface area contributed by atoms with Crippen molar-refractivity contribution < 1.29 is 14.3 Å². The van der Waals surface area contributed by atoms with E-state index in [1.54, 1.807) is 0 Å². The Labute approximate surface area is 191 Å². The van der Waals surface area contributed by atoms with E-state index in [9.17, 15) is 9.59 Å². The molecule has 0 aliphatic carbocycles. The lowest BCUT2D eigenvalue weighted by molar-refractivity contribution is -0.144. The molecule has 0 spiro atoms. The van der Waals surface area contributed by atoms with Crippen LogP contribution in [0.2, 0.25) is 0 Å². The number of likely N-dealkylation sites (N-methyl/N-ethyl adjacent to an activating group) is 1. The molecule has 1 saturated heterocycles. The fourth-order valence-corrected chi connectivity index (χ4v) is 6.57. The van der Waals surface area contributed by atoms with Crippen molar-refractivity contribution in [1.29, 1.82) is 0 Å². The first kappa shape index (κ1) is 27.1. The van der Waals surface area contributed by atoms with Crippen molar-refractivity contribution in [3.63, 3.8) is 0 Å². The van der Waals surface area contributed by atoms with Gasteiger partial charge in [-0.05, 0) is 56.3 Å². The molecule has 1 unspecified atom stereocenters. The maximum atomic E-state index is 12.5. The summed E-state index contributed by atoms with van der Waals surface area (Å²) in [6, 6.07) is 6.13. The quantitative estimate of drug-likeness (QED) is 0.219. The number of rotatable bonds is 13. The Morgan fingerprint density at radius 2 is 1.93 bits per heavy atom. The molecule has 0 radical (unpaired) electrons. The van der Waals surface area contributed by atoms with Gasteiger partial charge in [-0.1, -0.05) is 60.6 Å². The summed E-state index contributed by atoms with van der Waals surface area (Å²) in [5, 5.41) is 0.773. The van der Waals surface area contributed by atoms with Gasteiger partial charge in [0.2, 0.25) is 0 Å². The average Bonchev–Trinajstić information content (AvgIpc) is 3.21. The standard InChI is InChI=1S/C23H35NO3S2.CH4/c1-4-24(17-20(25)16-22-18(2)8-7-9-19(22)3)13-14-27-23(26)11-6-5-10-21-12-15-28-29-21;/h7-9,21H,4-6,10-17H2,1-3H3;1H4. The van der Waals surface area contributed by atoms with Crippen LogP contribution in [0.4, 0.5) is 0 Å². The highest BCUT2D eigenvalue weighted by atomic mass is 33.1. The summed E-state index contributed by atoms with van der Waals surface area (Å²) in [5.74, 6) is 1.35. The molecule has 2 rings (SSSR count). The number of unbranched alkanes of at least 4 members (excludes halogenated alkanes) is 1. The van der Waals surface area contributed by atoms with Crippen molar-refractivity contribution in [3.8, 4) is 0 Å². The third-order valence-corrected chi connectivity index (χ3v) is 8.43. The number of carbonyl (C=O) groups is 2. The second-order valence-electron chi connectivity index (χ2n) is 7.75. The van der Waals surface area contributed by atoms with Gasteiger partial charge in [-0.15, -0.1) is 0 Å². The molecule has 6 heteroatoms. The third kappa shape index (κ3) is 9.88. The lowest BCUT2D eigenvalue weighted by Crippen LogP contribution is -2.34. The van der Waals surface area contributed by atoms with Crippen LogP contribution in [0.3, 0.4) is 0 Å². The zero-order chi connectivity index (χ0) is 21.1. The van der Waals surface area contributed by atoms with Gasteiger partial charge in [0.05, 0.1) is 6.54 Å². The molecule has 1 fully saturated rings. The average molecular weight is 454 g/mol. The number of hydrogen-bond donors (Lipinski definition) is 0. The predicted octanol–water partition coefficient (Wildman–Crippen LogP) is 5.63. The summed E-state index contributed by atoms with van der Waals surface area (Å²) in [6.45, 7) is 8.28. The first-order valence-corrected chi connectivity index (χ1v) is 13.1. The number of ketones is 1. The Balaban J connectivity index is 0.00000450. The Bertz CT molecular complexity index is 640. The number of esters is 1. The molecular weight excluding hydrogens is 414 g/mol. The molecule has 0 amide bonds. The maximum Gasteiger partial charge on any atom is 0.305 e. The number of nitrogens with zero attached hydrogens (tertiary/aromatic N) is 1. The van der Waals surface area contributed by atoms with Crippen molar-refractivity contribution in [2.24, 2.45) is 0 Å². The molecular formula is C24H39NO3S2. The van der Waals surface area contributed by atoms with E-state index < -0.39 is 0 Å². The molecule has 30 heavy (non-hydrogen) atoms. The third-order valence-electron chi connectivity index (χ3n) is 5.42. The summed E-state index contributed by atoms with van der Waals surface area (Å²) in [6.07, 6.45) is 5.48. The smallest absolute Gasteiger partial charge is 0.305 e. The molecule has 1 aliphatic heterocycles. The van der Waals surface area contributed by atoms with Crippen LogP contribution in [0.5, 0.6) is 0 Å². The number of carbonyl (C=O) groups excluding carboxylic acids is 2. The van der Waals surface area contributed by atoms with Crippen molar-refractivity contribution in [3.05, 3.63) is 34.9 Å². The number of benzene rings is 1. The van der Waals surface area contributed by atoms with Crippen LogP contribution in [0.1, 0.15) is 63.1 Å². The summed E-state index contributed by atoms with van der Waals surface area (Å²) < 4.78 is 5.38. The molecule has 1 aliphatic rings. The highest BCUT2D eigenvalue weighted by Crippen LogP contribution is 2.39. The van der Waals surface area contributed by atoms with Crippen LogP contribution in [-0.2, 0) is 20.7 Å². The van der Waals surface area contributed by atoms with Crippen molar-refractivity contribution in [2.45, 2.75) is 72.0 Å². The van der Waals surface area contributed by atoms with Crippen LogP contribution >= 0.6 is 21.6 Å². The summed E-state index contributed by atoms with van der Waals surface area (Å²) in [4.78, 5) is 26.5. The van der Waals surface area contributed by atoms with Gasteiger partial charge in [-0.2, -0.15) is 0 Å². The molecule has 0 N–H and O–H groups in total. The topological polar surface area (TPSA) is 46.6 Å². The Morgan fingerprint density at radius 1 is 1.20 bits per heavy atom. The van der Waals surface area contributed by atoms with Crippen LogP contribution in [0, 0.1) is 13.8 Å². The maximum absolute atomic E-state index is 12.5. The number of aryl methyl sites for hydroxylation is 2. The van der Waals surface area contributed by atoms with Gasteiger partial charge in [0.1, 0.15) is 6.61 Å². The molecule has 1 atom stereocenters. The lowest BCUT2D eigenvalue weighted by Gasteiger charge is -2.20. The van der Waals surface area contributed by atoms with Crippen molar-refractivity contribution in [1.82, 2.24) is 4.90 Å². The molecule has 4 nitrogen and oxygen atoms in total. The van der Waals surface area contributed by atoms with E-state index in [-0.39, 0.29) is 19.2 Å². The van der Waals surface area contributed by atoms with E-state index in [0.29, 0.717) is 32.5 Å². The Kier molecular flexibility index (Phi) is 13.5. The predicted molar refractivity (Wildman–Crippen MR) is 131 cm³/mol. The normalized spacial score (nSPS) is 15.8. The van der Waals surface area contributed by atoms with E-state index in [1.807, 2.05) is 34.6 Å². The SMILES string of the molecule is C.CCN(CCOC(=O)CCCCC1CCSS1)CC(=O)Cc1c(C)cccc1C. The first-order valence-electron chi connectivity index (χ1n) is 10.7. The zero-order valence-corrected chi connectivity index (χ0v) is 19.7. The zero-order valence-electron chi connectivity index (χ0n) is 18.1. The van der Waals surface area contributed by atoms with E-state index in [4.69, 9.17) is 4.74 Å². The van der Waals surface area contributed by atoms with Gasteiger partial charge < -0.3 is 4.74 Å². The fraction of sp³-hybridized carbons (Fsp3) is 0.667. The van der Waals surface area contributed by atoms with Gasteiger partial charge in [0.25, 0.3) is 0 Å². The number of ether oxygens (including phenoxy) is 1. The Hall–Kier alpha value is -0.980. The van der Waals surface area contributed by atoms with Gasteiger partial charge in [-0.3, -0.25) is 14.5 Å². The summed E-state index contributed by atoms with van der Waals surface area (Å²) in [5.41, 5.74) is 3.47. The number of Topliss-reactive ketones (excluding diaryl/α,β-unsaturated/α-hetero) is 1. The van der Waals surface area contributed by atoms with Crippen molar-refractivity contribution in [2.75, 3.05) is 32.0 Å². The second-order valence-corrected chi connectivity index (χ2v) is 10.5. The highest BCUT2D eigenvalue weighted by Gasteiger charge is 2.16. The molecule has 1 aromatic carbocycles. The van der Waals surface area contributed by atoms with E-state index >= 15 is 0 Å². The van der Waals surface area contributed by atoms with Gasteiger partial charge in [-0.25, -0.2) is 0 Å². The fourth-order valence-electron chi connectivity index (χ4n) is 3.55. The van der Waals surface area contributed by atoms with E-state index in [0.717, 1.165) is 30.2 Å². The molecule has 1 heterocycles.